The van der Waals surface area contributed by atoms with Gasteiger partial charge in [0.1, 0.15) is 11.9 Å². The van der Waals surface area contributed by atoms with E-state index in [0.29, 0.717) is 0 Å². The van der Waals surface area contributed by atoms with Gasteiger partial charge < -0.3 is 9.84 Å². The molecule has 0 aliphatic carbocycles. The van der Waals surface area contributed by atoms with Gasteiger partial charge in [0.2, 0.25) is 0 Å². The standard InChI is InChI=1S/C14H13BrO2/c1-17-13-8-11(7-12(15)9-13)14(16)10-5-3-2-4-6-10/h2-9,14,16H,1H3. The second-order valence-electron chi connectivity index (χ2n) is 3.74. The van der Waals surface area contributed by atoms with E-state index in [-0.39, 0.29) is 0 Å². The van der Waals surface area contributed by atoms with E-state index in [9.17, 15) is 5.11 Å². The van der Waals surface area contributed by atoms with Crippen molar-refractivity contribution in [1.29, 1.82) is 0 Å². The normalized spacial score (nSPS) is 12.2. The molecule has 0 saturated heterocycles. The van der Waals surface area contributed by atoms with Gasteiger partial charge in [0.25, 0.3) is 0 Å². The van der Waals surface area contributed by atoms with Gasteiger partial charge in [-0.1, -0.05) is 46.3 Å². The van der Waals surface area contributed by atoms with Crippen molar-refractivity contribution >= 4 is 15.9 Å². The fourth-order valence-electron chi connectivity index (χ4n) is 1.69. The molecule has 3 heteroatoms. The second kappa shape index (κ2) is 5.34. The topological polar surface area (TPSA) is 29.5 Å². The van der Waals surface area contributed by atoms with Crippen LogP contribution in [0.4, 0.5) is 0 Å². The van der Waals surface area contributed by atoms with Crippen LogP contribution in [0.5, 0.6) is 5.75 Å². The van der Waals surface area contributed by atoms with Gasteiger partial charge >= 0.3 is 0 Å². The molecule has 2 aromatic carbocycles. The van der Waals surface area contributed by atoms with Gasteiger partial charge in [-0.2, -0.15) is 0 Å². The maximum atomic E-state index is 10.3. The minimum Gasteiger partial charge on any atom is -0.497 e. The molecule has 0 amide bonds. The number of aliphatic hydroxyl groups is 1. The summed E-state index contributed by atoms with van der Waals surface area (Å²) in [5, 5.41) is 10.3. The first-order valence-corrected chi connectivity index (χ1v) is 6.07. The second-order valence-corrected chi connectivity index (χ2v) is 4.65. The zero-order valence-electron chi connectivity index (χ0n) is 9.43. The number of methoxy groups -OCH3 is 1. The van der Waals surface area contributed by atoms with Crippen LogP contribution in [0, 0.1) is 0 Å². The molecule has 0 radical (unpaired) electrons. The summed E-state index contributed by atoms with van der Waals surface area (Å²) >= 11 is 3.40. The monoisotopic (exact) mass is 292 g/mol. The maximum absolute atomic E-state index is 10.3. The smallest absolute Gasteiger partial charge is 0.120 e. The summed E-state index contributed by atoms with van der Waals surface area (Å²) < 4.78 is 6.07. The molecular weight excluding hydrogens is 280 g/mol. The molecule has 2 aromatic rings. The number of hydrogen-bond donors (Lipinski definition) is 1. The molecule has 0 fully saturated rings. The third kappa shape index (κ3) is 2.87. The Kier molecular flexibility index (Phi) is 3.82. The summed E-state index contributed by atoms with van der Waals surface area (Å²) in [5.74, 6) is 0.726. The van der Waals surface area contributed by atoms with Crippen LogP contribution in [0.25, 0.3) is 0 Å². The molecule has 0 bridgehead atoms. The van der Waals surface area contributed by atoms with Crippen LogP contribution in [0.3, 0.4) is 0 Å². The van der Waals surface area contributed by atoms with E-state index in [0.717, 1.165) is 21.3 Å². The van der Waals surface area contributed by atoms with Crippen molar-refractivity contribution in [2.24, 2.45) is 0 Å². The van der Waals surface area contributed by atoms with Gasteiger partial charge in [-0.3, -0.25) is 0 Å². The minimum atomic E-state index is -0.636. The Morgan fingerprint density at radius 2 is 1.76 bits per heavy atom. The highest BCUT2D eigenvalue weighted by molar-refractivity contribution is 9.10. The quantitative estimate of drug-likeness (QED) is 0.938. The first kappa shape index (κ1) is 12.1. The fourth-order valence-corrected chi connectivity index (χ4v) is 2.18. The molecule has 1 atom stereocenters. The van der Waals surface area contributed by atoms with E-state index >= 15 is 0 Å². The Hall–Kier alpha value is -1.32. The van der Waals surface area contributed by atoms with E-state index in [1.807, 2.05) is 48.5 Å². The van der Waals surface area contributed by atoms with Crippen LogP contribution in [0.1, 0.15) is 17.2 Å². The molecule has 0 spiro atoms. The molecule has 1 unspecified atom stereocenters. The van der Waals surface area contributed by atoms with E-state index in [4.69, 9.17) is 4.74 Å². The lowest BCUT2D eigenvalue weighted by molar-refractivity contribution is 0.219. The number of hydrogen-bond acceptors (Lipinski definition) is 2. The Labute approximate surface area is 109 Å². The van der Waals surface area contributed by atoms with E-state index < -0.39 is 6.10 Å². The van der Waals surface area contributed by atoms with E-state index in [1.165, 1.54) is 0 Å². The number of aliphatic hydroxyl groups excluding tert-OH is 1. The Morgan fingerprint density at radius 1 is 1.06 bits per heavy atom. The molecule has 0 aliphatic rings. The molecule has 17 heavy (non-hydrogen) atoms. The largest absolute Gasteiger partial charge is 0.497 e. The van der Waals surface area contributed by atoms with E-state index in [2.05, 4.69) is 15.9 Å². The molecule has 2 nitrogen and oxygen atoms in total. The maximum Gasteiger partial charge on any atom is 0.120 e. The fraction of sp³-hybridized carbons (Fsp3) is 0.143. The Morgan fingerprint density at radius 3 is 2.41 bits per heavy atom. The van der Waals surface area contributed by atoms with Crippen molar-refractivity contribution in [3.63, 3.8) is 0 Å². The number of benzene rings is 2. The van der Waals surface area contributed by atoms with E-state index in [1.54, 1.807) is 7.11 Å². The predicted octanol–water partition coefficient (Wildman–Crippen LogP) is 3.54. The van der Waals surface area contributed by atoms with Crippen LogP contribution in [0.15, 0.2) is 53.0 Å². The molecule has 1 N–H and O–H groups in total. The van der Waals surface area contributed by atoms with Crippen LogP contribution in [-0.2, 0) is 0 Å². The molecule has 0 aliphatic heterocycles. The third-order valence-corrected chi connectivity index (χ3v) is 3.02. The molecular formula is C14H13BrO2. The van der Waals surface area contributed by atoms with Crippen molar-refractivity contribution in [2.45, 2.75) is 6.10 Å². The molecule has 88 valence electrons. The van der Waals surface area contributed by atoms with Gasteiger partial charge in [-0.25, -0.2) is 0 Å². The highest BCUT2D eigenvalue weighted by Crippen LogP contribution is 2.28. The summed E-state index contributed by atoms with van der Waals surface area (Å²) in [6, 6.07) is 15.1. The van der Waals surface area contributed by atoms with Crippen molar-refractivity contribution in [2.75, 3.05) is 7.11 Å². The van der Waals surface area contributed by atoms with Crippen LogP contribution in [-0.4, -0.2) is 12.2 Å². The summed E-state index contributed by atoms with van der Waals surface area (Å²) in [6.07, 6.45) is -0.636. The minimum absolute atomic E-state index is 0.636. The van der Waals surface area contributed by atoms with Gasteiger partial charge in [0, 0.05) is 4.47 Å². The summed E-state index contributed by atoms with van der Waals surface area (Å²) in [7, 11) is 1.61. The van der Waals surface area contributed by atoms with Crippen LogP contribution in [0.2, 0.25) is 0 Å². The van der Waals surface area contributed by atoms with Gasteiger partial charge in [0.05, 0.1) is 7.11 Å². The first-order chi connectivity index (χ1) is 8.20. The predicted molar refractivity (Wildman–Crippen MR) is 71.2 cm³/mol. The molecule has 0 aromatic heterocycles. The lowest BCUT2D eigenvalue weighted by Crippen LogP contribution is -2.00. The molecule has 0 heterocycles. The molecule has 2 rings (SSSR count). The highest BCUT2D eigenvalue weighted by atomic mass is 79.9. The molecule has 0 saturated carbocycles. The van der Waals surface area contributed by atoms with Crippen molar-refractivity contribution in [3.05, 3.63) is 64.1 Å². The Bertz CT molecular complexity index is 497. The summed E-state index contributed by atoms with van der Waals surface area (Å²) in [5.41, 5.74) is 1.68. The van der Waals surface area contributed by atoms with Crippen molar-refractivity contribution < 1.29 is 9.84 Å². The van der Waals surface area contributed by atoms with Gasteiger partial charge in [-0.05, 0) is 29.3 Å². The zero-order valence-corrected chi connectivity index (χ0v) is 11.0. The third-order valence-electron chi connectivity index (χ3n) is 2.56. The summed E-state index contributed by atoms with van der Waals surface area (Å²) in [6.45, 7) is 0. The first-order valence-electron chi connectivity index (χ1n) is 5.28. The highest BCUT2D eigenvalue weighted by Gasteiger charge is 2.11. The van der Waals surface area contributed by atoms with Crippen LogP contribution >= 0.6 is 15.9 Å². The summed E-state index contributed by atoms with van der Waals surface area (Å²) in [4.78, 5) is 0. The lowest BCUT2D eigenvalue weighted by atomic mass is 10.0. The Balaban J connectivity index is 2.37. The zero-order chi connectivity index (χ0) is 12.3. The van der Waals surface area contributed by atoms with Crippen molar-refractivity contribution in [1.82, 2.24) is 0 Å². The number of ether oxygens (including phenoxy) is 1. The lowest BCUT2D eigenvalue weighted by Gasteiger charge is -2.13. The van der Waals surface area contributed by atoms with Gasteiger partial charge in [0.15, 0.2) is 0 Å². The SMILES string of the molecule is COc1cc(Br)cc(C(O)c2ccccc2)c1. The van der Waals surface area contributed by atoms with Gasteiger partial charge in [-0.15, -0.1) is 0 Å². The number of halogens is 1. The average Bonchev–Trinajstić information content (AvgIpc) is 2.38. The number of rotatable bonds is 3. The average molecular weight is 293 g/mol. The van der Waals surface area contributed by atoms with Crippen molar-refractivity contribution in [3.8, 4) is 5.75 Å². The van der Waals surface area contributed by atoms with Crippen LogP contribution < -0.4 is 4.74 Å².